The summed E-state index contributed by atoms with van der Waals surface area (Å²) in [5.74, 6) is 0. The van der Waals surface area contributed by atoms with Crippen molar-refractivity contribution in [1.29, 1.82) is 10.5 Å². The largest absolute Gasteiger partial charge is 0.192 e. The van der Waals surface area contributed by atoms with Crippen molar-refractivity contribution in [3.05, 3.63) is 68.7 Å². The highest BCUT2D eigenvalue weighted by atomic mass is 32.1. The Hall–Kier alpha value is -2.66. The molecule has 2 heterocycles. The minimum atomic E-state index is 0.727. The van der Waals surface area contributed by atoms with E-state index in [9.17, 15) is 0 Å². The Labute approximate surface area is 177 Å². The van der Waals surface area contributed by atoms with Crippen LogP contribution in [-0.2, 0) is 0 Å². The number of rotatable bonds is 2. The Bertz CT molecular complexity index is 992. The fourth-order valence-corrected chi connectivity index (χ4v) is 4.36. The van der Waals surface area contributed by atoms with Gasteiger partial charge in [-0.15, -0.1) is 22.7 Å². The van der Waals surface area contributed by atoms with Crippen LogP contribution in [0.5, 0.6) is 0 Å². The van der Waals surface area contributed by atoms with Crippen molar-refractivity contribution in [3.63, 3.8) is 0 Å². The number of fused-ring (bicyclic) bond motifs is 1. The summed E-state index contributed by atoms with van der Waals surface area (Å²) in [6.07, 6.45) is 3.47. The minimum Gasteiger partial charge on any atom is -0.192 e. The summed E-state index contributed by atoms with van der Waals surface area (Å²) in [6.45, 7) is 19.3. The second kappa shape index (κ2) is 13.5. The van der Waals surface area contributed by atoms with Crippen LogP contribution in [0.1, 0.15) is 59.0 Å². The SMILES string of the molecule is C=Cc1sc(C)c(C#N)c1C=C.CC.CC.Cc1sc2ccccc2c1C#N. The molecule has 0 aliphatic carbocycles. The molecular weight excluding hydrogens is 380 g/mol. The molecule has 0 saturated carbocycles. The van der Waals surface area contributed by atoms with Crippen molar-refractivity contribution in [2.24, 2.45) is 0 Å². The van der Waals surface area contributed by atoms with Crippen LogP contribution in [0.25, 0.3) is 22.2 Å². The van der Waals surface area contributed by atoms with Crippen molar-refractivity contribution < 1.29 is 0 Å². The van der Waals surface area contributed by atoms with Gasteiger partial charge in [0.2, 0.25) is 0 Å². The molecule has 146 valence electrons. The summed E-state index contributed by atoms with van der Waals surface area (Å²) < 4.78 is 1.20. The Morgan fingerprint density at radius 1 is 0.821 bits per heavy atom. The van der Waals surface area contributed by atoms with E-state index in [1.54, 1.807) is 34.8 Å². The molecule has 28 heavy (non-hydrogen) atoms. The van der Waals surface area contributed by atoms with Gasteiger partial charge in [0.25, 0.3) is 0 Å². The normalized spacial score (nSPS) is 8.57. The highest BCUT2D eigenvalue weighted by Crippen LogP contribution is 2.30. The molecule has 3 rings (SSSR count). The number of nitrogens with zero attached hydrogens (tertiary/aromatic N) is 2. The molecular formula is C24H28N2S2. The van der Waals surface area contributed by atoms with E-state index in [-0.39, 0.29) is 0 Å². The van der Waals surface area contributed by atoms with Gasteiger partial charge in [0.1, 0.15) is 12.1 Å². The lowest BCUT2D eigenvalue weighted by Crippen LogP contribution is -1.77. The maximum absolute atomic E-state index is 8.86. The van der Waals surface area contributed by atoms with Gasteiger partial charge in [-0.05, 0) is 19.9 Å². The predicted octanol–water partition coefficient (Wildman–Crippen LogP) is 8.35. The second-order valence-electron chi connectivity index (χ2n) is 4.97. The first-order valence-corrected chi connectivity index (χ1v) is 10.9. The van der Waals surface area contributed by atoms with E-state index < -0.39 is 0 Å². The van der Waals surface area contributed by atoms with Crippen molar-refractivity contribution in [2.75, 3.05) is 0 Å². The minimum absolute atomic E-state index is 0.727. The van der Waals surface area contributed by atoms with Gasteiger partial charge in [-0.1, -0.05) is 71.2 Å². The molecule has 0 saturated heterocycles. The summed E-state index contributed by atoms with van der Waals surface area (Å²) in [6, 6.07) is 12.4. The first-order valence-electron chi connectivity index (χ1n) is 9.23. The van der Waals surface area contributed by atoms with Gasteiger partial charge in [0.05, 0.1) is 11.1 Å². The van der Waals surface area contributed by atoms with Crippen LogP contribution in [0.15, 0.2) is 37.4 Å². The van der Waals surface area contributed by atoms with E-state index >= 15 is 0 Å². The molecule has 0 N–H and O–H groups in total. The summed E-state index contributed by atoms with van der Waals surface area (Å²) in [7, 11) is 0. The third kappa shape index (κ3) is 5.92. The number of hydrogen-bond donors (Lipinski definition) is 0. The quantitative estimate of drug-likeness (QED) is 0.427. The molecule has 0 amide bonds. The van der Waals surface area contributed by atoms with Crippen molar-refractivity contribution in [2.45, 2.75) is 41.5 Å². The zero-order chi connectivity index (χ0) is 21.7. The molecule has 0 bridgehead atoms. The van der Waals surface area contributed by atoms with Gasteiger partial charge in [-0.3, -0.25) is 0 Å². The number of benzene rings is 1. The Kier molecular flexibility index (Phi) is 12.2. The first kappa shape index (κ1) is 25.3. The maximum Gasteiger partial charge on any atom is 0.101 e. The molecule has 3 aromatic rings. The standard InChI is InChI=1S/C10H7NS.C10H9NS.2C2H6/c1-7-9(6-11)8-4-2-3-5-10(8)12-7;1-4-8-9(6-11)7(3)12-10(8)5-2;2*1-2/h2-5H,1H3;4-5H,1-2H2,3H3;2*1-2H3. The highest BCUT2D eigenvalue weighted by Gasteiger charge is 2.09. The molecule has 4 heteroatoms. The van der Waals surface area contributed by atoms with Crippen molar-refractivity contribution in [3.8, 4) is 12.1 Å². The van der Waals surface area contributed by atoms with E-state index in [4.69, 9.17) is 10.5 Å². The van der Waals surface area contributed by atoms with Gasteiger partial charge < -0.3 is 0 Å². The molecule has 0 radical (unpaired) electrons. The lowest BCUT2D eigenvalue weighted by Gasteiger charge is -1.89. The fraction of sp³-hybridized carbons (Fsp3) is 0.250. The van der Waals surface area contributed by atoms with E-state index in [2.05, 4.69) is 25.3 Å². The Morgan fingerprint density at radius 2 is 1.36 bits per heavy atom. The molecule has 0 aliphatic rings. The molecule has 0 fully saturated rings. The highest BCUT2D eigenvalue weighted by molar-refractivity contribution is 7.19. The van der Waals surface area contributed by atoms with Crippen LogP contribution in [0, 0.1) is 36.5 Å². The Balaban J connectivity index is 0.000000443. The maximum atomic E-state index is 8.86. The van der Waals surface area contributed by atoms with Crippen LogP contribution in [-0.4, -0.2) is 0 Å². The predicted molar refractivity (Wildman–Crippen MR) is 128 cm³/mol. The molecule has 0 aliphatic heterocycles. The van der Waals surface area contributed by atoms with Gasteiger partial charge in [-0.2, -0.15) is 10.5 Å². The topological polar surface area (TPSA) is 47.6 Å². The van der Waals surface area contributed by atoms with E-state index in [1.165, 1.54) is 4.70 Å². The molecule has 1 aromatic carbocycles. The van der Waals surface area contributed by atoms with Gasteiger partial charge in [-0.25, -0.2) is 0 Å². The van der Waals surface area contributed by atoms with Crippen LogP contribution >= 0.6 is 22.7 Å². The lowest BCUT2D eigenvalue weighted by atomic mass is 10.1. The third-order valence-corrected chi connectivity index (χ3v) is 5.74. The first-order chi connectivity index (χ1) is 13.6. The van der Waals surface area contributed by atoms with Crippen molar-refractivity contribution >= 4 is 44.9 Å². The zero-order valence-electron chi connectivity index (χ0n) is 17.6. The second-order valence-corrected chi connectivity index (χ2v) is 7.49. The average molecular weight is 409 g/mol. The smallest absolute Gasteiger partial charge is 0.101 e. The van der Waals surface area contributed by atoms with E-state index in [1.807, 2.05) is 65.8 Å². The lowest BCUT2D eigenvalue weighted by molar-refractivity contribution is 1.46. The molecule has 0 unspecified atom stereocenters. The Morgan fingerprint density at radius 3 is 1.86 bits per heavy atom. The molecule has 0 atom stereocenters. The monoisotopic (exact) mass is 408 g/mol. The van der Waals surface area contributed by atoms with Crippen LogP contribution < -0.4 is 0 Å². The number of hydrogen-bond acceptors (Lipinski definition) is 4. The molecule has 0 spiro atoms. The summed E-state index contributed by atoms with van der Waals surface area (Å²) in [4.78, 5) is 3.17. The van der Waals surface area contributed by atoms with Crippen LogP contribution in [0.2, 0.25) is 0 Å². The summed E-state index contributed by atoms with van der Waals surface area (Å²) in [5.41, 5.74) is 2.47. The zero-order valence-corrected chi connectivity index (χ0v) is 19.2. The number of aryl methyl sites for hydroxylation is 2. The molecule has 2 aromatic heterocycles. The van der Waals surface area contributed by atoms with Gasteiger partial charge >= 0.3 is 0 Å². The fourth-order valence-electron chi connectivity index (χ4n) is 2.38. The summed E-state index contributed by atoms with van der Waals surface area (Å²) >= 11 is 3.26. The summed E-state index contributed by atoms with van der Waals surface area (Å²) in [5, 5.41) is 18.8. The van der Waals surface area contributed by atoms with Crippen molar-refractivity contribution in [1.82, 2.24) is 0 Å². The van der Waals surface area contributed by atoms with Crippen LogP contribution in [0.3, 0.4) is 0 Å². The van der Waals surface area contributed by atoms with Gasteiger partial charge in [0.15, 0.2) is 0 Å². The number of thiophene rings is 2. The van der Waals surface area contributed by atoms with E-state index in [0.717, 1.165) is 36.7 Å². The average Bonchev–Trinajstić information content (AvgIpc) is 3.25. The van der Waals surface area contributed by atoms with Crippen LogP contribution in [0.4, 0.5) is 0 Å². The molecule has 2 nitrogen and oxygen atoms in total. The third-order valence-electron chi connectivity index (χ3n) is 3.53. The number of nitriles is 2. The van der Waals surface area contributed by atoms with Gasteiger partial charge in [0, 0.05) is 30.3 Å². The van der Waals surface area contributed by atoms with E-state index in [0.29, 0.717) is 0 Å².